The third kappa shape index (κ3) is 4.90. The van der Waals surface area contributed by atoms with Gasteiger partial charge in [0.25, 0.3) is 0 Å². The molecule has 15 aromatic rings. The van der Waals surface area contributed by atoms with Gasteiger partial charge in [-0.15, -0.1) is 0 Å². The summed E-state index contributed by atoms with van der Waals surface area (Å²) in [6.07, 6.45) is 0. The Hall–Kier alpha value is -9.00. The van der Waals surface area contributed by atoms with Crippen LogP contribution in [0.1, 0.15) is 0 Å². The van der Waals surface area contributed by atoms with Crippen LogP contribution in [0.2, 0.25) is 0 Å². The van der Waals surface area contributed by atoms with Crippen LogP contribution in [-0.4, -0.2) is 9.13 Å². The molecule has 0 atom stereocenters. The summed E-state index contributed by atoms with van der Waals surface area (Å²) in [4.78, 5) is 2.30. The van der Waals surface area contributed by atoms with Crippen molar-refractivity contribution in [3.8, 4) is 11.4 Å². The van der Waals surface area contributed by atoms with Gasteiger partial charge in [0.15, 0.2) is 0 Å². The second kappa shape index (κ2) is 13.3. The number of hydrogen-bond acceptors (Lipinski definition) is 4. The fraction of sp³-hybridized carbons (Fsp3) is 0. The average molecular weight is 846 g/mol. The molecule has 6 heteroatoms. The highest BCUT2D eigenvalue weighted by Crippen LogP contribution is 2.47. The zero-order chi connectivity index (χ0) is 43.0. The molecule has 0 aliphatic rings. The summed E-state index contributed by atoms with van der Waals surface area (Å²) in [5.74, 6) is 0. The molecular weight excluding hydrogens is 811 g/mol. The molecule has 10 aromatic carbocycles. The van der Waals surface area contributed by atoms with Crippen LogP contribution in [0, 0.1) is 0 Å². The minimum atomic E-state index is 0.861. The number of anilines is 3. The number of furan rings is 3. The van der Waals surface area contributed by atoms with Gasteiger partial charge in [-0.05, 0) is 121 Å². The van der Waals surface area contributed by atoms with Crippen LogP contribution in [-0.2, 0) is 0 Å². The van der Waals surface area contributed by atoms with Crippen molar-refractivity contribution < 1.29 is 13.3 Å². The van der Waals surface area contributed by atoms with Crippen molar-refractivity contribution in [1.29, 1.82) is 0 Å². The molecule has 5 aromatic heterocycles. The van der Waals surface area contributed by atoms with E-state index in [0.717, 1.165) is 138 Å². The molecule has 0 radical (unpaired) electrons. The molecule has 0 amide bonds. The fourth-order valence-electron chi connectivity index (χ4n) is 10.8. The zero-order valence-corrected chi connectivity index (χ0v) is 35.3. The van der Waals surface area contributed by atoms with Crippen molar-refractivity contribution in [2.45, 2.75) is 0 Å². The maximum atomic E-state index is 6.88. The highest BCUT2D eigenvalue weighted by atomic mass is 16.3. The number of benzene rings is 10. The second-order valence-electron chi connectivity index (χ2n) is 17.2. The van der Waals surface area contributed by atoms with Crippen LogP contribution >= 0.6 is 0 Å². The Morgan fingerprint density at radius 2 is 0.697 bits per heavy atom. The minimum absolute atomic E-state index is 0.861. The number of hydrogen-bond donors (Lipinski definition) is 0. The van der Waals surface area contributed by atoms with Crippen LogP contribution in [0.25, 0.3) is 121 Å². The molecule has 15 rings (SSSR count). The predicted octanol–water partition coefficient (Wildman–Crippen LogP) is 17.0. The Bertz CT molecular complexity index is 4410. The van der Waals surface area contributed by atoms with Crippen molar-refractivity contribution in [3.63, 3.8) is 0 Å². The highest BCUT2D eigenvalue weighted by molar-refractivity contribution is 6.29. The molecule has 308 valence electrons. The molecule has 0 saturated carbocycles. The molecule has 0 fully saturated rings. The van der Waals surface area contributed by atoms with Gasteiger partial charge in [-0.2, -0.15) is 0 Å². The summed E-state index contributed by atoms with van der Waals surface area (Å²) in [5.41, 5.74) is 14.8. The number of para-hydroxylation sites is 5. The van der Waals surface area contributed by atoms with Crippen LogP contribution in [0.15, 0.2) is 226 Å². The summed E-state index contributed by atoms with van der Waals surface area (Å²) < 4.78 is 24.9. The van der Waals surface area contributed by atoms with Crippen molar-refractivity contribution in [1.82, 2.24) is 9.13 Å². The first kappa shape index (κ1) is 35.5. The Morgan fingerprint density at radius 3 is 1.24 bits per heavy atom. The predicted molar refractivity (Wildman–Crippen MR) is 272 cm³/mol. The van der Waals surface area contributed by atoms with Crippen molar-refractivity contribution >= 4 is 126 Å². The zero-order valence-electron chi connectivity index (χ0n) is 35.3. The molecule has 66 heavy (non-hydrogen) atoms. The Kier molecular flexibility index (Phi) is 7.13. The van der Waals surface area contributed by atoms with E-state index in [2.05, 4.69) is 202 Å². The van der Waals surface area contributed by atoms with Gasteiger partial charge in [-0.3, -0.25) is 0 Å². The standard InChI is InChI=1S/C60H35N3O3/c1-3-13-36(14-4-1)61(37-15-5-2-6-16-37)38-23-25-39(26-24-38)62-49-30-28-44-41-17-7-11-21-54(41)65-59(44)57(49)47-35-52-48(34-51(47)62)58-50(31-29-45-42-18-8-12-22-55(42)66-60(45)58)63(52)40-27-32-56-46(33-40)43-19-9-10-20-53(43)64-56/h1-35H. The molecule has 0 aliphatic carbocycles. The van der Waals surface area contributed by atoms with Crippen LogP contribution in [0.4, 0.5) is 17.1 Å². The van der Waals surface area contributed by atoms with Gasteiger partial charge in [0.05, 0.1) is 32.8 Å². The summed E-state index contributed by atoms with van der Waals surface area (Å²) in [5, 5.41) is 10.9. The third-order valence-electron chi connectivity index (χ3n) is 13.7. The number of nitrogens with zero attached hydrogens (tertiary/aromatic N) is 3. The lowest BCUT2D eigenvalue weighted by molar-refractivity contribution is 0.669. The maximum absolute atomic E-state index is 6.88. The van der Waals surface area contributed by atoms with E-state index in [4.69, 9.17) is 13.3 Å². The fourth-order valence-corrected chi connectivity index (χ4v) is 10.8. The Labute approximate surface area is 375 Å². The van der Waals surface area contributed by atoms with Crippen molar-refractivity contribution in [2.75, 3.05) is 4.90 Å². The van der Waals surface area contributed by atoms with Crippen LogP contribution in [0.5, 0.6) is 0 Å². The van der Waals surface area contributed by atoms with Gasteiger partial charge >= 0.3 is 0 Å². The van der Waals surface area contributed by atoms with E-state index < -0.39 is 0 Å². The molecule has 0 spiro atoms. The monoisotopic (exact) mass is 845 g/mol. The van der Waals surface area contributed by atoms with E-state index in [1.807, 2.05) is 24.3 Å². The first-order valence-corrected chi connectivity index (χ1v) is 22.3. The van der Waals surface area contributed by atoms with E-state index >= 15 is 0 Å². The van der Waals surface area contributed by atoms with Crippen LogP contribution in [0.3, 0.4) is 0 Å². The lowest BCUT2D eigenvalue weighted by Crippen LogP contribution is -2.09. The van der Waals surface area contributed by atoms with E-state index in [1.165, 1.54) is 0 Å². The molecule has 0 aliphatic heterocycles. The molecule has 0 unspecified atom stereocenters. The minimum Gasteiger partial charge on any atom is -0.456 e. The van der Waals surface area contributed by atoms with Crippen LogP contribution < -0.4 is 4.90 Å². The van der Waals surface area contributed by atoms with Gasteiger partial charge in [0.2, 0.25) is 0 Å². The lowest BCUT2D eigenvalue weighted by atomic mass is 10.0. The molecular formula is C60H35N3O3. The van der Waals surface area contributed by atoms with Gasteiger partial charge in [-0.1, -0.05) is 91.0 Å². The first-order chi connectivity index (χ1) is 32.7. The lowest BCUT2D eigenvalue weighted by Gasteiger charge is -2.25. The van der Waals surface area contributed by atoms with E-state index in [0.29, 0.717) is 0 Å². The summed E-state index contributed by atoms with van der Waals surface area (Å²) in [6.45, 7) is 0. The second-order valence-corrected chi connectivity index (χ2v) is 17.2. The maximum Gasteiger partial charge on any atom is 0.145 e. The number of fused-ring (bicyclic) bond motifs is 17. The summed E-state index contributed by atoms with van der Waals surface area (Å²) in [7, 11) is 0. The average Bonchev–Trinajstić information content (AvgIpc) is 4.18. The molecule has 0 bridgehead atoms. The normalized spacial score (nSPS) is 12.2. The largest absolute Gasteiger partial charge is 0.456 e. The smallest absolute Gasteiger partial charge is 0.145 e. The molecule has 5 heterocycles. The number of rotatable bonds is 5. The Balaban J connectivity index is 1.06. The van der Waals surface area contributed by atoms with Gasteiger partial charge in [-0.25, -0.2) is 0 Å². The third-order valence-corrected chi connectivity index (χ3v) is 13.7. The SMILES string of the molecule is c1ccc(N(c2ccccc2)c2ccc(-n3c4cc5c6c7oc8ccccc8c7ccc6n(-c6ccc7oc8ccccc8c7c6)c5cc4c4c5oc6ccccc6c5ccc43)cc2)cc1. The topological polar surface area (TPSA) is 52.5 Å². The highest BCUT2D eigenvalue weighted by Gasteiger charge is 2.25. The molecule has 6 nitrogen and oxygen atoms in total. The van der Waals surface area contributed by atoms with E-state index in [-0.39, 0.29) is 0 Å². The van der Waals surface area contributed by atoms with Crippen molar-refractivity contribution in [2.24, 2.45) is 0 Å². The number of aromatic nitrogens is 2. The van der Waals surface area contributed by atoms with Gasteiger partial charge in [0, 0.05) is 71.5 Å². The van der Waals surface area contributed by atoms with E-state index in [9.17, 15) is 0 Å². The van der Waals surface area contributed by atoms with Gasteiger partial charge in [0.1, 0.15) is 33.5 Å². The molecule has 0 saturated heterocycles. The van der Waals surface area contributed by atoms with Crippen molar-refractivity contribution in [3.05, 3.63) is 212 Å². The Morgan fingerprint density at radius 1 is 0.273 bits per heavy atom. The van der Waals surface area contributed by atoms with Gasteiger partial charge < -0.3 is 27.3 Å². The summed E-state index contributed by atoms with van der Waals surface area (Å²) >= 11 is 0. The first-order valence-electron chi connectivity index (χ1n) is 22.3. The molecule has 0 N–H and O–H groups in total. The summed E-state index contributed by atoms with van der Waals surface area (Å²) in [6, 6.07) is 75.3. The van der Waals surface area contributed by atoms with E-state index in [1.54, 1.807) is 0 Å². The quantitative estimate of drug-likeness (QED) is 0.173.